The third-order valence-electron chi connectivity index (χ3n) is 4.64. The second-order valence-corrected chi connectivity index (χ2v) is 8.57. The number of rotatable bonds is 8. The highest BCUT2D eigenvalue weighted by Crippen LogP contribution is 2.28. The molecule has 0 unspecified atom stereocenters. The summed E-state index contributed by atoms with van der Waals surface area (Å²) in [6, 6.07) is 21.9. The fourth-order valence-electron chi connectivity index (χ4n) is 2.96. The van der Waals surface area contributed by atoms with Gasteiger partial charge < -0.3 is 9.47 Å². The van der Waals surface area contributed by atoms with Gasteiger partial charge in [-0.15, -0.1) is 0 Å². The van der Waals surface area contributed by atoms with Crippen molar-refractivity contribution in [3.05, 3.63) is 109 Å². The summed E-state index contributed by atoms with van der Waals surface area (Å²) in [4.78, 5) is 0.423. The largest absolute Gasteiger partial charge is 0.497 e. The fourth-order valence-corrected chi connectivity index (χ4v) is 4.30. The van der Waals surface area contributed by atoms with E-state index in [1.165, 1.54) is 12.2 Å². The van der Waals surface area contributed by atoms with Gasteiger partial charge in [0.15, 0.2) is 0 Å². The van der Waals surface area contributed by atoms with E-state index in [1.807, 2.05) is 48.5 Å². The smallest absolute Gasteiger partial charge is 0.206 e. The van der Waals surface area contributed by atoms with Crippen LogP contribution < -0.4 is 9.47 Å². The predicted molar refractivity (Wildman–Crippen MR) is 125 cm³/mol. The van der Waals surface area contributed by atoms with Crippen LogP contribution in [0, 0.1) is 0 Å². The molecule has 0 aliphatic heterocycles. The topological polar surface area (TPSA) is 52.6 Å². The lowest BCUT2D eigenvalue weighted by atomic mass is 10.1. The van der Waals surface area contributed by atoms with E-state index in [2.05, 4.69) is 6.58 Å². The zero-order valence-corrected chi connectivity index (χ0v) is 18.3. The Morgan fingerprint density at radius 1 is 0.806 bits per heavy atom. The summed E-state index contributed by atoms with van der Waals surface area (Å²) >= 11 is 0. The van der Waals surface area contributed by atoms with Crippen molar-refractivity contribution in [2.24, 2.45) is 0 Å². The van der Waals surface area contributed by atoms with Gasteiger partial charge in [-0.2, -0.15) is 0 Å². The van der Waals surface area contributed by atoms with Crippen molar-refractivity contribution in [1.82, 2.24) is 0 Å². The molecule has 0 fully saturated rings. The van der Waals surface area contributed by atoms with Crippen LogP contribution in [0.1, 0.15) is 6.92 Å². The van der Waals surface area contributed by atoms with Crippen LogP contribution in [0.5, 0.6) is 17.2 Å². The maximum absolute atomic E-state index is 12.7. The van der Waals surface area contributed by atoms with Crippen LogP contribution >= 0.6 is 0 Å². The molecule has 0 spiro atoms. The highest BCUT2D eigenvalue weighted by atomic mass is 32.2. The average molecular weight is 433 g/mol. The van der Waals surface area contributed by atoms with Crippen molar-refractivity contribution < 1.29 is 17.9 Å². The van der Waals surface area contributed by atoms with E-state index in [0.29, 0.717) is 11.5 Å². The molecule has 0 saturated carbocycles. The van der Waals surface area contributed by atoms with Crippen LogP contribution in [0.25, 0.3) is 11.1 Å². The molecule has 0 radical (unpaired) electrons. The number of allylic oxidation sites excluding steroid dienone is 4. The zero-order chi connectivity index (χ0) is 22.3. The van der Waals surface area contributed by atoms with Crippen molar-refractivity contribution in [3.63, 3.8) is 0 Å². The summed E-state index contributed by atoms with van der Waals surface area (Å²) in [5, 5.41) is 0. The molecule has 0 aliphatic rings. The van der Waals surface area contributed by atoms with Crippen molar-refractivity contribution in [1.29, 1.82) is 0 Å². The molecule has 0 amide bonds. The molecule has 0 bridgehead atoms. The van der Waals surface area contributed by atoms with Crippen molar-refractivity contribution in [2.75, 3.05) is 7.11 Å². The van der Waals surface area contributed by atoms with Gasteiger partial charge >= 0.3 is 0 Å². The number of methoxy groups -OCH3 is 1. The van der Waals surface area contributed by atoms with Crippen LogP contribution in [-0.4, -0.2) is 15.5 Å². The van der Waals surface area contributed by atoms with Gasteiger partial charge in [-0.3, -0.25) is 0 Å². The summed E-state index contributed by atoms with van der Waals surface area (Å²) in [5.41, 5.74) is 2.13. The van der Waals surface area contributed by atoms with E-state index in [1.54, 1.807) is 50.5 Å². The highest BCUT2D eigenvalue weighted by Gasteiger charge is 2.17. The van der Waals surface area contributed by atoms with Gasteiger partial charge in [0.2, 0.25) is 9.84 Å². The first-order valence-electron chi connectivity index (χ1n) is 9.71. The van der Waals surface area contributed by atoms with Gasteiger partial charge in [0.1, 0.15) is 17.2 Å². The number of hydrogen-bond acceptors (Lipinski definition) is 4. The first-order chi connectivity index (χ1) is 15.0. The molecule has 0 aliphatic carbocycles. The van der Waals surface area contributed by atoms with E-state index in [9.17, 15) is 8.42 Å². The molecule has 0 aromatic heterocycles. The van der Waals surface area contributed by atoms with Crippen LogP contribution in [-0.2, 0) is 9.84 Å². The molecule has 4 nitrogen and oxygen atoms in total. The second-order valence-electron chi connectivity index (χ2n) is 6.62. The minimum Gasteiger partial charge on any atom is -0.497 e. The molecule has 3 aromatic carbocycles. The standard InChI is InChI=1S/C26H24O4S/c1-4-6-7-25(5-2)31(27,28)26-18-16-24(17-19-26)30-23-14-10-21(11-15-23)20-8-12-22(29-3)13-9-20/h4-19H,1H2,2-3H3/b7-6-,25-5+. The Kier molecular flexibility index (Phi) is 7.11. The maximum Gasteiger partial charge on any atom is 0.206 e. The van der Waals surface area contributed by atoms with E-state index in [0.717, 1.165) is 16.9 Å². The molecule has 0 atom stereocenters. The summed E-state index contributed by atoms with van der Waals surface area (Å²) in [6.07, 6.45) is 6.22. The van der Waals surface area contributed by atoms with E-state index in [-0.39, 0.29) is 9.80 Å². The lowest BCUT2D eigenvalue weighted by molar-refractivity contribution is 0.415. The third-order valence-corrected chi connectivity index (χ3v) is 6.52. The van der Waals surface area contributed by atoms with Gasteiger partial charge in [-0.1, -0.05) is 49.1 Å². The summed E-state index contributed by atoms with van der Waals surface area (Å²) in [6.45, 7) is 5.26. The highest BCUT2D eigenvalue weighted by molar-refractivity contribution is 7.95. The molecular formula is C26H24O4S. The van der Waals surface area contributed by atoms with E-state index < -0.39 is 9.84 Å². The van der Waals surface area contributed by atoms with Gasteiger partial charge in [-0.25, -0.2) is 8.42 Å². The SMILES string of the molecule is C=C/C=C\C(=C/C)S(=O)(=O)c1ccc(Oc2ccc(-c3ccc(OC)cc3)cc2)cc1. The number of sulfone groups is 1. The van der Waals surface area contributed by atoms with Gasteiger partial charge in [-0.05, 0) is 72.7 Å². The molecule has 5 heteroatoms. The molecule has 3 aromatic rings. The first kappa shape index (κ1) is 22.1. The Hall–Kier alpha value is -3.57. The number of ether oxygens (including phenoxy) is 2. The lowest BCUT2D eigenvalue weighted by Crippen LogP contribution is -2.03. The fraction of sp³-hybridized carbons (Fsp3) is 0.0769. The monoisotopic (exact) mass is 432 g/mol. The molecular weight excluding hydrogens is 408 g/mol. The van der Waals surface area contributed by atoms with Gasteiger partial charge in [0.05, 0.1) is 16.9 Å². The average Bonchev–Trinajstić information content (AvgIpc) is 2.80. The Balaban J connectivity index is 1.73. The predicted octanol–water partition coefficient (Wildman–Crippen LogP) is 6.57. The van der Waals surface area contributed by atoms with Gasteiger partial charge in [0.25, 0.3) is 0 Å². The van der Waals surface area contributed by atoms with Crippen molar-refractivity contribution >= 4 is 9.84 Å². The van der Waals surface area contributed by atoms with Gasteiger partial charge in [0, 0.05) is 0 Å². The maximum atomic E-state index is 12.7. The second kappa shape index (κ2) is 9.96. The van der Waals surface area contributed by atoms with Crippen molar-refractivity contribution in [3.8, 4) is 28.4 Å². The minimum absolute atomic E-state index is 0.205. The van der Waals surface area contributed by atoms with E-state index >= 15 is 0 Å². The summed E-state index contributed by atoms with van der Waals surface area (Å²) in [5.74, 6) is 2.03. The first-order valence-corrected chi connectivity index (χ1v) is 11.2. The zero-order valence-electron chi connectivity index (χ0n) is 17.5. The summed E-state index contributed by atoms with van der Waals surface area (Å²) < 4.78 is 36.6. The molecule has 31 heavy (non-hydrogen) atoms. The number of benzene rings is 3. The van der Waals surface area contributed by atoms with Crippen LogP contribution in [0.2, 0.25) is 0 Å². The Bertz CT molecular complexity index is 1190. The lowest BCUT2D eigenvalue weighted by Gasteiger charge is -2.09. The minimum atomic E-state index is -3.59. The third kappa shape index (κ3) is 5.32. The summed E-state index contributed by atoms with van der Waals surface area (Å²) in [7, 11) is -1.95. The molecule has 0 N–H and O–H groups in total. The Morgan fingerprint density at radius 3 is 1.74 bits per heavy atom. The molecule has 158 valence electrons. The van der Waals surface area contributed by atoms with Crippen LogP contribution in [0.4, 0.5) is 0 Å². The Morgan fingerprint density at radius 2 is 1.29 bits per heavy atom. The molecule has 3 rings (SSSR count). The van der Waals surface area contributed by atoms with Crippen molar-refractivity contribution in [2.45, 2.75) is 11.8 Å². The van der Waals surface area contributed by atoms with Crippen LogP contribution in [0.3, 0.4) is 0 Å². The Labute approximate surface area is 183 Å². The van der Waals surface area contributed by atoms with E-state index in [4.69, 9.17) is 9.47 Å². The van der Waals surface area contributed by atoms with Crippen LogP contribution in [0.15, 0.2) is 113 Å². The normalized spacial score (nSPS) is 12.0. The quantitative estimate of drug-likeness (QED) is 0.378. The number of hydrogen-bond donors (Lipinski definition) is 0. The molecule has 0 saturated heterocycles. The molecule has 0 heterocycles.